The van der Waals surface area contributed by atoms with Crippen LogP contribution in [0, 0.1) is 23.3 Å². The van der Waals surface area contributed by atoms with Crippen molar-refractivity contribution in [1.82, 2.24) is 70.5 Å². The van der Waals surface area contributed by atoms with Crippen molar-refractivity contribution in [2.24, 2.45) is 25.7 Å². The van der Waals surface area contributed by atoms with Gasteiger partial charge in [0.2, 0.25) is 21.8 Å². The molecule has 0 unspecified atom stereocenters. The number of primary amides is 1. The van der Waals surface area contributed by atoms with Crippen molar-refractivity contribution < 1.29 is 123 Å². The van der Waals surface area contributed by atoms with Gasteiger partial charge in [-0.25, -0.2) is 105 Å². The van der Waals surface area contributed by atoms with Gasteiger partial charge < -0.3 is 56.0 Å². The summed E-state index contributed by atoms with van der Waals surface area (Å²) in [6.45, 7) is -0.777. The van der Waals surface area contributed by atoms with Crippen LogP contribution in [0.2, 0.25) is 0 Å². The van der Waals surface area contributed by atoms with Crippen LogP contribution in [-0.4, -0.2) is 265 Å². The molecule has 0 saturated carbocycles. The summed E-state index contributed by atoms with van der Waals surface area (Å²) in [6.07, 6.45) is 5.44. The molecule has 0 aliphatic carbocycles. The van der Waals surface area contributed by atoms with Crippen molar-refractivity contribution in [1.29, 1.82) is 0 Å². The van der Waals surface area contributed by atoms with Gasteiger partial charge in [0, 0.05) is 150 Å². The maximum absolute atomic E-state index is 14.7. The average Bonchev–Trinajstić information content (AvgIpc) is 1.66. The Kier molecular flexibility index (Phi) is 36.2. The van der Waals surface area contributed by atoms with Crippen LogP contribution in [0.4, 0.5) is 57.8 Å². The Bertz CT molecular complexity index is 6920. The van der Waals surface area contributed by atoms with Crippen LogP contribution >= 0.6 is 120 Å². The van der Waals surface area contributed by atoms with Crippen LogP contribution in [0.15, 0.2) is 214 Å². The van der Waals surface area contributed by atoms with E-state index in [9.17, 15) is 99.5 Å². The molecule has 8 aliphatic rings. The fraction of sp³-hybridized carbons (Fsp3) is 0.352. The van der Waals surface area contributed by atoms with Crippen LogP contribution < -0.4 is 37.0 Å². The number of anilines is 1. The van der Waals surface area contributed by atoms with Gasteiger partial charge in [0.25, 0.3) is 29.6 Å². The molecule has 4 fully saturated rings. The molecular formula is C91H84Br4F12N20O15S6. The van der Waals surface area contributed by atoms with Crippen molar-refractivity contribution in [3.63, 3.8) is 0 Å². The number of benzene rings is 4. The first-order valence-electron chi connectivity index (χ1n) is 43.9. The van der Waals surface area contributed by atoms with Gasteiger partial charge in [-0.15, -0.1) is 56.7 Å². The van der Waals surface area contributed by atoms with E-state index in [-0.39, 0.29) is 90.3 Å². The fourth-order valence-corrected chi connectivity index (χ4v) is 22.6. The highest BCUT2D eigenvalue weighted by molar-refractivity contribution is 9.11. The lowest BCUT2D eigenvalue weighted by atomic mass is 9.95. The van der Waals surface area contributed by atoms with Crippen molar-refractivity contribution in [2.45, 2.75) is 112 Å². The summed E-state index contributed by atoms with van der Waals surface area (Å²) in [6, 6.07) is 6.55. The van der Waals surface area contributed by atoms with Crippen LogP contribution in [-0.2, 0) is 72.1 Å². The molecular weight excluding hydrogens is 2350 g/mol. The molecule has 4 aromatic carbocycles. The third-order valence-electron chi connectivity index (χ3n) is 23.1. The largest absolute Gasteiger partial charge is 0.468 e. The van der Waals surface area contributed by atoms with E-state index in [0.29, 0.717) is 82.8 Å². The molecule has 8 atom stereocenters. The third-order valence-corrected chi connectivity index (χ3v) is 30.3. The van der Waals surface area contributed by atoms with E-state index < -0.39 is 205 Å². The van der Waals surface area contributed by atoms with Gasteiger partial charge in [-0.05, 0) is 84.6 Å². The van der Waals surface area contributed by atoms with Crippen molar-refractivity contribution in [3.8, 4) is 0 Å². The summed E-state index contributed by atoms with van der Waals surface area (Å²) in [5.74, 6) is -20.1. The number of alkyl halides is 8. The molecule has 5 aromatic heterocycles. The number of nitrogens with one attached hydrogen (secondary N) is 6. The number of amidine groups is 4. The Labute approximate surface area is 888 Å². The number of hydrogen-bond acceptors (Lipinski definition) is 37. The standard InChI is InChI=1S/C25H22BrF3N6O3S2.C23H23BrF3N5O5S2.C22H20BrF3N4O4S.C21H19BrF3N5O3S/c1-2-38-23(37)18-16(11-35-12-25(28,29)10-17(35)21(36)34-24-31-6-8-40-24)32-20(22-30-5-7-39-22)33-19(18)14-4-3-13(27)9-15(14)26;1-3-37-22(34)17-15(10-32-11-23(26,27)9-16(32)20(33)31-39(2,35)36)29-19(21-28-6-7-38-21)30-18(17)13-5-4-12(25)8-14(13)24;1-33-20(31)15-8-22(25,26)10-30(15)9-14-16(21(32)34-2)17(12-4-3-11(24)7-13(12)23)29-18(28-14)19-27-5-6-35-19;1-33-20(32)15-13(8-30-9-21(24,25)7-14(30)17(26)31)28-18(19-27-4-5-34-19)29-16(15)11-3-2-10(23)6-12(11)22/h3-9,17,19H,2,10-12H2,1H3,(H,32,33)(H,31,34,36);4-8,16,18H,3,9-11H2,1-2H3,(H,29,30)(H,31,33);3-7,15,17H,8-10H2,1-2H3,(H,28,29);2-6,14,16H,7-9H2,1H3,(H2,26,31)(H,28,29)/t17-,19-;16-,18-;15-,17-;14-,16-/m0000/s1. The first kappa shape index (κ1) is 112. The monoisotopic (exact) mass is 2430 g/mol. The second-order valence-corrected chi connectivity index (χ2v) is 43.1. The second-order valence-electron chi connectivity index (χ2n) is 33.4. The SMILES string of the molecule is CCOC(=O)C1=C(CN2CC(F)(F)C[C@H]2C(=O)NS(C)(=O)=O)NC(c2nccs2)=N[C@H]1c1ccc(F)cc1Br.CCOC(=O)C1=C(CN2CC(F)(F)C[C@H]2C(=O)Nc2nccs2)NC(c2nccs2)=N[C@H]1c1ccc(F)cc1Br.COC(=O)C1=C(CN2CC(F)(F)C[C@H]2C(=O)OC)NC(c2nccs2)=N[C@H]1c1ccc(F)cc1Br.COC(=O)C1=C(CN2CC(F)(F)C[C@H]2C(N)=O)NC(c2nccs2)=N[C@H]1c1ccc(F)cc1Br. The molecule has 13 heterocycles. The van der Waals surface area contributed by atoms with Gasteiger partial charge in [0.1, 0.15) is 53.5 Å². The van der Waals surface area contributed by atoms with Crippen LogP contribution in [0.1, 0.15) is 106 Å². The number of hydrogen-bond donors (Lipinski definition) is 7. The van der Waals surface area contributed by atoms with E-state index >= 15 is 0 Å². The summed E-state index contributed by atoms with van der Waals surface area (Å²) >= 11 is 19.6. The molecule has 786 valence electrons. The van der Waals surface area contributed by atoms with Gasteiger partial charge in [-0.2, -0.15) is 0 Å². The minimum atomic E-state index is -4.01. The number of likely N-dealkylation sites (tertiary alicyclic amines) is 4. The Morgan fingerprint density at radius 1 is 0.412 bits per heavy atom. The molecule has 35 nitrogen and oxygen atoms in total. The summed E-state index contributed by atoms with van der Waals surface area (Å²) in [5, 5.41) is 25.5. The number of carbonyl (C=O) groups excluding carboxylic acids is 8. The number of nitrogens with two attached hydrogens (primary N) is 1. The number of thiazole rings is 5. The zero-order valence-corrected chi connectivity index (χ0v) is 89.0. The maximum atomic E-state index is 14.7. The zero-order chi connectivity index (χ0) is 107. The predicted octanol–water partition coefficient (Wildman–Crippen LogP) is 13.7. The van der Waals surface area contributed by atoms with E-state index in [1.165, 1.54) is 171 Å². The molecule has 0 radical (unpaired) electrons. The third kappa shape index (κ3) is 27.3. The number of rotatable bonds is 28. The topological polar surface area (TPSA) is 442 Å². The number of ether oxygens (including phenoxy) is 5. The molecule has 148 heavy (non-hydrogen) atoms. The number of methoxy groups -OCH3 is 3. The number of sulfonamides is 1. The Morgan fingerprint density at radius 3 is 0.953 bits per heavy atom. The molecule has 4 saturated heterocycles. The highest BCUT2D eigenvalue weighted by Crippen LogP contribution is 2.46. The summed E-state index contributed by atoms with van der Waals surface area (Å²) in [7, 11) is -0.517. The minimum absolute atomic E-state index is 0.00283. The predicted molar refractivity (Wildman–Crippen MR) is 535 cm³/mol. The summed E-state index contributed by atoms with van der Waals surface area (Å²) in [5.41, 5.74) is 7.98. The van der Waals surface area contributed by atoms with Gasteiger partial charge in [0.15, 0.2) is 48.5 Å². The average molecular weight is 2440 g/mol. The normalized spacial score (nSPS) is 21.5. The van der Waals surface area contributed by atoms with Gasteiger partial charge in [-0.3, -0.25) is 63.5 Å². The fourth-order valence-electron chi connectivity index (χ4n) is 17.0. The van der Waals surface area contributed by atoms with Crippen molar-refractivity contribution in [2.75, 3.05) is 98.5 Å². The lowest BCUT2D eigenvalue weighted by Crippen LogP contribution is -2.47. The summed E-state index contributed by atoms with van der Waals surface area (Å²) in [4.78, 5) is 147. The van der Waals surface area contributed by atoms with Crippen LogP contribution in [0.3, 0.4) is 0 Å². The molecule has 9 aromatic rings. The number of aromatic nitrogens is 5. The molecule has 57 heteroatoms. The highest BCUT2D eigenvalue weighted by Gasteiger charge is 2.55. The van der Waals surface area contributed by atoms with Gasteiger partial charge in [-0.1, -0.05) is 88.0 Å². The van der Waals surface area contributed by atoms with Gasteiger partial charge >= 0.3 is 29.8 Å². The van der Waals surface area contributed by atoms with E-state index in [2.05, 4.69) is 130 Å². The highest BCUT2D eigenvalue weighted by atomic mass is 79.9. The van der Waals surface area contributed by atoms with Gasteiger partial charge in [0.05, 0.1) is 107 Å². The zero-order valence-electron chi connectivity index (χ0n) is 77.7. The first-order chi connectivity index (χ1) is 70.1. The lowest BCUT2D eigenvalue weighted by molar-refractivity contribution is -0.146. The van der Waals surface area contributed by atoms with E-state index in [1.807, 2.05) is 0 Å². The van der Waals surface area contributed by atoms with E-state index in [4.69, 9.17) is 34.4 Å². The van der Waals surface area contributed by atoms with Crippen LogP contribution in [0.25, 0.3) is 0 Å². The molecule has 0 bridgehead atoms. The second kappa shape index (κ2) is 47.8. The Balaban J connectivity index is 0.000000156. The number of esters is 5. The Morgan fingerprint density at radius 2 is 0.689 bits per heavy atom. The number of aliphatic imine (C=N–C) groups is 4. The molecule has 3 amide bonds. The Hall–Kier alpha value is -11.5. The lowest BCUT2D eigenvalue weighted by Gasteiger charge is -2.31. The number of amides is 3. The molecule has 8 N–H and O–H groups in total. The number of carbonyl (C=O) groups is 8. The first-order valence-corrected chi connectivity index (χ1v) is 53.4. The van der Waals surface area contributed by atoms with E-state index in [1.54, 1.807) is 64.1 Å². The van der Waals surface area contributed by atoms with Crippen molar-refractivity contribution >= 4 is 206 Å². The summed E-state index contributed by atoms with van der Waals surface area (Å²) < 4.78 is 222. The maximum Gasteiger partial charge on any atom is 0.338 e. The number of halogens is 16. The van der Waals surface area contributed by atoms with E-state index in [0.717, 1.165) is 18.3 Å². The molecule has 17 rings (SSSR count). The number of nitrogens with zero attached hydrogens (tertiary/aromatic N) is 13. The molecule has 8 aliphatic heterocycles. The smallest absolute Gasteiger partial charge is 0.338 e. The quantitative estimate of drug-likeness (QED) is 0.0136. The van der Waals surface area contributed by atoms with Crippen LogP contribution in [0.5, 0.6) is 0 Å². The molecule has 0 spiro atoms. The van der Waals surface area contributed by atoms with Crippen molar-refractivity contribution in [3.05, 3.63) is 259 Å². The minimum Gasteiger partial charge on any atom is -0.468 e.